The van der Waals surface area contributed by atoms with Crippen LogP contribution in [0.25, 0.3) is 10.9 Å². The Morgan fingerprint density at radius 2 is 1.92 bits per heavy atom. The smallest absolute Gasteiger partial charge is 0.379 e. The van der Waals surface area contributed by atoms with Crippen LogP contribution in [-0.2, 0) is 11.2 Å². The molecule has 1 aliphatic heterocycles. The number of aliphatic carboxylic acids is 1. The van der Waals surface area contributed by atoms with E-state index in [0.29, 0.717) is 56.1 Å². The molecule has 3 N–H and O–H groups in total. The van der Waals surface area contributed by atoms with Gasteiger partial charge in [0.25, 0.3) is 0 Å². The highest BCUT2D eigenvalue weighted by Gasteiger charge is 2.36. The Labute approximate surface area is 224 Å². The first-order valence-electron chi connectivity index (χ1n) is 12.8. The van der Waals surface area contributed by atoms with E-state index in [0.717, 1.165) is 28.6 Å². The Morgan fingerprint density at radius 3 is 2.62 bits per heavy atom. The maximum atomic E-state index is 15.5. The Kier molecular flexibility index (Phi) is 11.1. The van der Waals surface area contributed by atoms with Gasteiger partial charge in [-0.1, -0.05) is 25.1 Å². The van der Waals surface area contributed by atoms with Crippen molar-refractivity contribution < 1.29 is 36.6 Å². The molecule has 2 heterocycles. The van der Waals surface area contributed by atoms with Crippen LogP contribution in [0.2, 0.25) is 0 Å². The average molecular weight is 556 g/mol. The lowest BCUT2D eigenvalue weighted by atomic mass is 9.88. The quantitative estimate of drug-likeness (QED) is 0.206. The molecule has 0 aliphatic carbocycles. The van der Waals surface area contributed by atoms with Gasteiger partial charge in [-0.3, -0.25) is 14.1 Å². The zero-order valence-corrected chi connectivity index (χ0v) is 22.0. The van der Waals surface area contributed by atoms with E-state index < -0.39 is 24.6 Å². The number of nitrogens with one attached hydrogen (secondary N) is 2. The number of carboxylic acid groups (broad SMARTS) is 1. The van der Waals surface area contributed by atoms with Crippen LogP contribution in [0.3, 0.4) is 0 Å². The Bertz CT molecular complexity index is 1230. The molecule has 0 radical (unpaired) electrons. The fourth-order valence-electron chi connectivity index (χ4n) is 4.96. The van der Waals surface area contributed by atoms with E-state index in [-0.39, 0.29) is 12.5 Å². The van der Waals surface area contributed by atoms with Crippen LogP contribution < -0.4 is 10.1 Å². The maximum absolute atomic E-state index is 15.5. The SMILES string of the molecule is Cc1c(OCCNCCCF)ccc(F)c1C1c2[nH]c3ccccc3c2CCN1CC(C)C(=O)O.FC(F)F. The summed E-state index contributed by atoms with van der Waals surface area (Å²) in [5.74, 6) is -1.23. The number of aromatic amines is 1. The van der Waals surface area contributed by atoms with Crippen molar-refractivity contribution >= 4 is 16.9 Å². The van der Waals surface area contributed by atoms with Gasteiger partial charge in [-0.05, 0) is 55.6 Å². The van der Waals surface area contributed by atoms with Gasteiger partial charge in [-0.2, -0.15) is 13.2 Å². The number of H-pyrrole nitrogens is 1. The molecule has 0 fully saturated rings. The monoisotopic (exact) mass is 555 g/mol. The van der Waals surface area contributed by atoms with Crippen LogP contribution in [0, 0.1) is 18.7 Å². The molecule has 6 nitrogen and oxygen atoms in total. The van der Waals surface area contributed by atoms with E-state index in [1.54, 1.807) is 13.0 Å². The third kappa shape index (κ3) is 7.69. The van der Waals surface area contributed by atoms with E-state index >= 15 is 4.39 Å². The van der Waals surface area contributed by atoms with E-state index in [9.17, 15) is 27.5 Å². The highest BCUT2D eigenvalue weighted by atomic mass is 19.4. The van der Waals surface area contributed by atoms with Gasteiger partial charge in [0.2, 0.25) is 0 Å². The second kappa shape index (κ2) is 14.3. The van der Waals surface area contributed by atoms with Gasteiger partial charge in [0.05, 0.1) is 18.6 Å². The highest BCUT2D eigenvalue weighted by molar-refractivity contribution is 5.85. The number of benzene rings is 2. The van der Waals surface area contributed by atoms with E-state index in [1.807, 2.05) is 25.1 Å². The summed E-state index contributed by atoms with van der Waals surface area (Å²) in [5.41, 5.74) is 4.23. The first-order valence-corrected chi connectivity index (χ1v) is 12.8. The van der Waals surface area contributed by atoms with Crippen molar-refractivity contribution in [2.45, 2.75) is 39.4 Å². The molecule has 4 rings (SSSR count). The lowest BCUT2D eigenvalue weighted by molar-refractivity contribution is -0.141. The minimum atomic E-state index is -3.67. The molecule has 3 aromatic rings. The molecule has 11 heteroatoms. The largest absolute Gasteiger partial charge is 0.492 e. The van der Waals surface area contributed by atoms with E-state index in [1.165, 1.54) is 6.07 Å². The predicted octanol–water partition coefficient (Wildman–Crippen LogP) is 5.79. The summed E-state index contributed by atoms with van der Waals surface area (Å²) >= 11 is 0. The van der Waals surface area contributed by atoms with Crippen molar-refractivity contribution in [1.29, 1.82) is 0 Å². The molecule has 2 atom stereocenters. The molecule has 1 aromatic heterocycles. The molecule has 1 aliphatic rings. The summed E-state index contributed by atoms with van der Waals surface area (Å²) in [6, 6.07) is 10.6. The zero-order valence-electron chi connectivity index (χ0n) is 22.0. The lowest BCUT2D eigenvalue weighted by Gasteiger charge is -2.38. The number of rotatable bonds is 11. The molecular weight excluding hydrogens is 521 g/mol. The average Bonchev–Trinajstić information content (AvgIpc) is 3.26. The van der Waals surface area contributed by atoms with Crippen LogP contribution in [0.15, 0.2) is 36.4 Å². The topological polar surface area (TPSA) is 77.6 Å². The molecule has 39 heavy (non-hydrogen) atoms. The van der Waals surface area contributed by atoms with Crippen LogP contribution in [0.1, 0.15) is 41.8 Å². The molecular formula is C28H34F5N3O3. The Morgan fingerprint density at radius 1 is 1.21 bits per heavy atom. The molecule has 0 amide bonds. The third-order valence-electron chi connectivity index (χ3n) is 6.77. The number of hydrogen-bond donors (Lipinski definition) is 3. The van der Waals surface area contributed by atoms with Crippen LogP contribution in [0.5, 0.6) is 5.75 Å². The zero-order chi connectivity index (χ0) is 28.5. The number of para-hydroxylation sites is 1. The van der Waals surface area contributed by atoms with Gasteiger partial charge in [0.1, 0.15) is 18.2 Å². The molecule has 0 spiro atoms. The Balaban J connectivity index is 0.000000983. The van der Waals surface area contributed by atoms with Gasteiger partial charge < -0.3 is 20.1 Å². The van der Waals surface area contributed by atoms with Crippen LogP contribution in [-0.4, -0.2) is 67.1 Å². The van der Waals surface area contributed by atoms with E-state index in [2.05, 4.69) is 21.3 Å². The minimum Gasteiger partial charge on any atom is -0.492 e. The molecule has 0 saturated heterocycles. The number of nitrogens with zero attached hydrogens (tertiary/aromatic N) is 1. The predicted molar refractivity (Wildman–Crippen MR) is 139 cm³/mol. The summed E-state index contributed by atoms with van der Waals surface area (Å²) < 4.78 is 62.7. The van der Waals surface area contributed by atoms with Crippen LogP contribution >= 0.6 is 0 Å². The van der Waals surface area contributed by atoms with Gasteiger partial charge in [0.15, 0.2) is 0 Å². The number of halogens is 5. The first-order chi connectivity index (χ1) is 18.6. The number of fused-ring (bicyclic) bond motifs is 3. The molecule has 2 aromatic carbocycles. The van der Waals surface area contributed by atoms with Crippen molar-refractivity contribution in [3.05, 3.63) is 64.6 Å². The second-order valence-corrected chi connectivity index (χ2v) is 9.42. The minimum absolute atomic E-state index is 0.303. The molecule has 0 saturated carbocycles. The Hall–Kier alpha value is -3.18. The number of ether oxygens (including phenoxy) is 1. The van der Waals surface area contributed by atoms with Crippen molar-refractivity contribution in [3.8, 4) is 5.75 Å². The van der Waals surface area contributed by atoms with Gasteiger partial charge >= 0.3 is 12.6 Å². The fraction of sp³-hybridized carbons (Fsp3) is 0.464. The van der Waals surface area contributed by atoms with E-state index in [4.69, 9.17) is 4.74 Å². The van der Waals surface area contributed by atoms with Gasteiger partial charge in [-0.15, -0.1) is 0 Å². The summed E-state index contributed by atoms with van der Waals surface area (Å²) in [6.07, 6.45) is 1.21. The van der Waals surface area contributed by atoms with Gasteiger partial charge in [-0.25, -0.2) is 4.39 Å². The first kappa shape index (κ1) is 30.4. The maximum Gasteiger partial charge on any atom is 0.379 e. The van der Waals surface area contributed by atoms with Crippen molar-refractivity contribution in [2.24, 2.45) is 5.92 Å². The number of alkyl halides is 4. The normalized spacial score (nSPS) is 16.1. The second-order valence-electron chi connectivity index (χ2n) is 9.42. The summed E-state index contributed by atoms with van der Waals surface area (Å²) in [5, 5.41) is 13.8. The fourth-order valence-corrected chi connectivity index (χ4v) is 4.96. The number of hydrogen-bond acceptors (Lipinski definition) is 4. The third-order valence-corrected chi connectivity index (χ3v) is 6.77. The van der Waals surface area contributed by atoms with Crippen molar-refractivity contribution in [2.75, 3.05) is 39.5 Å². The molecule has 2 unspecified atom stereocenters. The number of carbonyl (C=O) groups is 1. The molecule has 214 valence electrons. The standard InChI is InChI=1S/C27H33F2N3O3.CHF3/c1-17(27(33)34)16-32-14-10-20-19-6-3-4-7-22(19)31-25(20)26(32)24-18(2)23(9-8-21(24)29)35-15-13-30-12-5-11-28;2-1(3)4/h3-4,6-9,17,26,30-31H,5,10-16H2,1-2H3,(H,33,34);1H. The summed E-state index contributed by atoms with van der Waals surface area (Å²) in [6.45, 7) is 1.94. The summed E-state index contributed by atoms with van der Waals surface area (Å²) in [4.78, 5) is 17.2. The van der Waals surface area contributed by atoms with Crippen molar-refractivity contribution in [3.63, 3.8) is 0 Å². The summed E-state index contributed by atoms with van der Waals surface area (Å²) in [7, 11) is 0. The number of aromatic nitrogens is 1. The highest BCUT2D eigenvalue weighted by Crippen LogP contribution is 2.42. The number of carboxylic acids is 1. The van der Waals surface area contributed by atoms with Gasteiger partial charge in [0, 0.05) is 41.8 Å². The van der Waals surface area contributed by atoms with Crippen molar-refractivity contribution in [1.82, 2.24) is 15.2 Å². The van der Waals surface area contributed by atoms with Crippen LogP contribution in [0.4, 0.5) is 22.0 Å². The molecule has 0 bridgehead atoms. The lowest BCUT2D eigenvalue weighted by Crippen LogP contribution is -2.41.